The molecule has 2 heterocycles. The summed E-state index contributed by atoms with van der Waals surface area (Å²) in [5.74, 6) is 1.20. The molecular weight excluding hydrogens is 282 g/mol. The van der Waals surface area contributed by atoms with Crippen molar-refractivity contribution in [1.82, 2.24) is 10.9 Å². The minimum atomic E-state index is -3.46. The first-order valence-electron chi connectivity index (χ1n) is 6.46. The Morgan fingerprint density at radius 2 is 2.00 bits per heavy atom. The van der Waals surface area contributed by atoms with Crippen molar-refractivity contribution in [3.05, 3.63) is 18.2 Å². The molecule has 0 aliphatic carbocycles. The molecule has 2 aliphatic heterocycles. The molecule has 2 unspecified atom stereocenters. The third-order valence-corrected chi connectivity index (χ3v) is 5.28. The number of ether oxygens (including phenoxy) is 2. The molecule has 2 aliphatic rings. The molecular formula is C12H17N3O4S. The maximum atomic E-state index is 12.3. The van der Waals surface area contributed by atoms with Crippen molar-refractivity contribution < 1.29 is 17.9 Å². The number of rotatable bonds is 3. The first-order valence-corrected chi connectivity index (χ1v) is 8.00. The van der Waals surface area contributed by atoms with Crippen molar-refractivity contribution in [3.8, 4) is 11.5 Å². The molecule has 110 valence electrons. The normalized spacial score (nSPS) is 25.4. The van der Waals surface area contributed by atoms with Crippen LogP contribution in [-0.2, 0) is 10.0 Å². The highest BCUT2D eigenvalue weighted by Crippen LogP contribution is 2.33. The number of benzene rings is 1. The van der Waals surface area contributed by atoms with E-state index in [-0.39, 0.29) is 6.04 Å². The Morgan fingerprint density at radius 1 is 1.25 bits per heavy atom. The largest absolute Gasteiger partial charge is 0.486 e. The monoisotopic (exact) mass is 299 g/mol. The van der Waals surface area contributed by atoms with Gasteiger partial charge in [-0.2, -0.15) is 0 Å². The summed E-state index contributed by atoms with van der Waals surface area (Å²) >= 11 is 0. The molecule has 3 rings (SSSR count). The van der Waals surface area contributed by atoms with Crippen LogP contribution in [-0.4, -0.2) is 39.5 Å². The molecule has 7 nitrogen and oxygen atoms in total. The van der Waals surface area contributed by atoms with Crippen molar-refractivity contribution in [2.75, 3.05) is 24.5 Å². The molecule has 2 atom stereocenters. The Labute approximate surface area is 117 Å². The number of hydrazine groups is 1. The molecule has 20 heavy (non-hydrogen) atoms. The lowest BCUT2D eigenvalue weighted by molar-refractivity contribution is 0.171. The zero-order valence-electron chi connectivity index (χ0n) is 11.0. The summed E-state index contributed by atoms with van der Waals surface area (Å²) in [5, 5.41) is -0.518. The van der Waals surface area contributed by atoms with E-state index in [4.69, 9.17) is 9.47 Å². The van der Waals surface area contributed by atoms with Gasteiger partial charge in [-0.3, -0.25) is 15.6 Å². The second-order valence-electron chi connectivity index (χ2n) is 4.86. The lowest BCUT2D eigenvalue weighted by Gasteiger charge is -2.20. The van der Waals surface area contributed by atoms with Crippen molar-refractivity contribution in [1.29, 1.82) is 0 Å². The molecule has 0 radical (unpaired) electrons. The summed E-state index contributed by atoms with van der Waals surface area (Å²) in [6.45, 7) is 3.18. The highest BCUT2D eigenvalue weighted by Gasteiger charge is 2.34. The highest BCUT2D eigenvalue weighted by molar-refractivity contribution is 7.93. The highest BCUT2D eigenvalue weighted by atomic mass is 32.2. The fourth-order valence-corrected chi connectivity index (χ4v) is 3.83. The van der Waals surface area contributed by atoms with Crippen LogP contribution in [0.1, 0.15) is 6.92 Å². The Kier molecular flexibility index (Phi) is 3.45. The van der Waals surface area contributed by atoms with Crippen LogP contribution < -0.4 is 25.0 Å². The van der Waals surface area contributed by atoms with Crippen LogP contribution in [0.3, 0.4) is 0 Å². The Bertz CT molecular complexity index is 605. The number of fused-ring (bicyclic) bond motifs is 1. The zero-order chi connectivity index (χ0) is 14.2. The van der Waals surface area contributed by atoms with E-state index in [2.05, 4.69) is 15.6 Å². The fraction of sp³-hybridized carbons (Fsp3) is 0.500. The number of sulfonamides is 1. The van der Waals surface area contributed by atoms with E-state index in [1.807, 2.05) is 6.92 Å². The Morgan fingerprint density at radius 3 is 2.70 bits per heavy atom. The van der Waals surface area contributed by atoms with Crippen LogP contribution in [0.15, 0.2) is 18.2 Å². The predicted octanol–water partition coefficient (Wildman–Crippen LogP) is 0.0644. The molecule has 3 N–H and O–H groups in total. The summed E-state index contributed by atoms with van der Waals surface area (Å²) in [6.07, 6.45) is 0. The van der Waals surface area contributed by atoms with E-state index in [9.17, 15) is 8.42 Å². The molecule has 0 spiro atoms. The van der Waals surface area contributed by atoms with Crippen LogP contribution in [0.4, 0.5) is 5.69 Å². The summed E-state index contributed by atoms with van der Waals surface area (Å²) in [4.78, 5) is 0. The van der Waals surface area contributed by atoms with Gasteiger partial charge in [0, 0.05) is 18.7 Å². The summed E-state index contributed by atoms with van der Waals surface area (Å²) < 4.78 is 38.1. The standard InChI is InChI=1S/C12H17N3O4S/c1-8-12(7-13-14-8)20(16,17)15-9-2-3-10-11(6-9)19-5-4-18-10/h2-3,6,8,12-15H,4-5,7H2,1H3. The van der Waals surface area contributed by atoms with Gasteiger partial charge < -0.3 is 9.47 Å². The Balaban J connectivity index is 1.80. The first-order chi connectivity index (χ1) is 9.56. The van der Waals surface area contributed by atoms with E-state index in [0.717, 1.165) is 0 Å². The maximum absolute atomic E-state index is 12.3. The van der Waals surface area contributed by atoms with Gasteiger partial charge in [0.25, 0.3) is 0 Å². The molecule has 0 bridgehead atoms. The topological polar surface area (TPSA) is 88.7 Å². The van der Waals surface area contributed by atoms with Crippen LogP contribution in [0.5, 0.6) is 11.5 Å². The van der Waals surface area contributed by atoms with E-state index in [1.54, 1.807) is 18.2 Å². The minimum Gasteiger partial charge on any atom is -0.486 e. The maximum Gasteiger partial charge on any atom is 0.238 e. The molecule has 0 aromatic heterocycles. The van der Waals surface area contributed by atoms with E-state index in [1.165, 1.54) is 0 Å². The average Bonchev–Trinajstić information content (AvgIpc) is 2.85. The molecule has 1 aromatic rings. The minimum absolute atomic E-state index is 0.148. The third-order valence-electron chi connectivity index (χ3n) is 3.39. The summed E-state index contributed by atoms with van der Waals surface area (Å²) in [6, 6.07) is 4.88. The molecule has 0 saturated carbocycles. The van der Waals surface area contributed by atoms with Crippen molar-refractivity contribution in [3.63, 3.8) is 0 Å². The molecule has 1 fully saturated rings. The van der Waals surface area contributed by atoms with Crippen molar-refractivity contribution in [2.45, 2.75) is 18.2 Å². The molecule has 0 amide bonds. The van der Waals surface area contributed by atoms with Gasteiger partial charge in [-0.25, -0.2) is 8.42 Å². The number of nitrogens with one attached hydrogen (secondary N) is 3. The second-order valence-corrected chi connectivity index (χ2v) is 6.76. The smallest absolute Gasteiger partial charge is 0.238 e. The fourth-order valence-electron chi connectivity index (χ4n) is 2.32. The van der Waals surface area contributed by atoms with Gasteiger partial charge >= 0.3 is 0 Å². The van der Waals surface area contributed by atoms with Crippen molar-refractivity contribution >= 4 is 15.7 Å². The average molecular weight is 299 g/mol. The van der Waals surface area contributed by atoms with E-state index < -0.39 is 15.3 Å². The molecule has 8 heteroatoms. The summed E-state index contributed by atoms with van der Waals surface area (Å²) in [7, 11) is -3.46. The van der Waals surface area contributed by atoms with Gasteiger partial charge in [0.1, 0.15) is 18.5 Å². The number of hydrogen-bond donors (Lipinski definition) is 3. The first kappa shape index (κ1) is 13.5. The van der Waals surface area contributed by atoms with Gasteiger partial charge in [-0.15, -0.1) is 0 Å². The van der Waals surface area contributed by atoms with Gasteiger partial charge in [0.05, 0.1) is 5.69 Å². The van der Waals surface area contributed by atoms with Crippen LogP contribution >= 0.6 is 0 Å². The van der Waals surface area contributed by atoms with Gasteiger partial charge in [-0.05, 0) is 19.1 Å². The van der Waals surface area contributed by atoms with Gasteiger partial charge in [0.15, 0.2) is 11.5 Å². The lowest BCUT2D eigenvalue weighted by Crippen LogP contribution is -2.38. The molecule has 1 saturated heterocycles. The lowest BCUT2D eigenvalue weighted by atomic mass is 10.3. The van der Waals surface area contributed by atoms with Crippen LogP contribution in [0.2, 0.25) is 0 Å². The number of hydrogen-bond acceptors (Lipinski definition) is 6. The van der Waals surface area contributed by atoms with Crippen LogP contribution in [0.25, 0.3) is 0 Å². The van der Waals surface area contributed by atoms with Gasteiger partial charge in [0.2, 0.25) is 10.0 Å². The van der Waals surface area contributed by atoms with E-state index in [0.29, 0.717) is 36.9 Å². The van der Waals surface area contributed by atoms with Gasteiger partial charge in [-0.1, -0.05) is 0 Å². The summed E-state index contributed by atoms with van der Waals surface area (Å²) in [5.41, 5.74) is 6.23. The predicted molar refractivity (Wildman–Crippen MR) is 74.4 cm³/mol. The van der Waals surface area contributed by atoms with Crippen molar-refractivity contribution in [2.24, 2.45) is 0 Å². The number of anilines is 1. The van der Waals surface area contributed by atoms with Crippen LogP contribution in [0, 0.1) is 0 Å². The SMILES string of the molecule is CC1NNCC1S(=O)(=O)Nc1ccc2c(c1)OCCO2. The quantitative estimate of drug-likeness (QED) is 0.732. The van der Waals surface area contributed by atoms with E-state index >= 15 is 0 Å². The second kappa shape index (κ2) is 5.12. The Hall–Kier alpha value is -1.51. The molecule has 1 aromatic carbocycles. The zero-order valence-corrected chi connectivity index (χ0v) is 11.9. The third kappa shape index (κ3) is 2.54.